The van der Waals surface area contributed by atoms with Gasteiger partial charge in [-0.2, -0.15) is 0 Å². The zero-order valence-corrected chi connectivity index (χ0v) is 24.6. The van der Waals surface area contributed by atoms with E-state index in [9.17, 15) is 18.0 Å². The fourth-order valence-electron chi connectivity index (χ4n) is 4.26. The summed E-state index contributed by atoms with van der Waals surface area (Å²) in [6.07, 6.45) is 1.11. The Balaban J connectivity index is 2.06. The van der Waals surface area contributed by atoms with Crippen molar-refractivity contribution in [3.05, 3.63) is 90.0 Å². The second kappa shape index (κ2) is 14.0. The maximum absolute atomic E-state index is 14.1. The average Bonchev–Trinajstić information content (AvgIpc) is 2.96. The molecule has 3 aromatic carbocycles. The maximum atomic E-state index is 14.1. The summed E-state index contributed by atoms with van der Waals surface area (Å²) in [6.45, 7) is 7.36. The highest BCUT2D eigenvalue weighted by atomic mass is 32.2. The van der Waals surface area contributed by atoms with E-state index in [1.165, 1.54) is 24.1 Å². The van der Waals surface area contributed by atoms with Gasteiger partial charge in [0.1, 0.15) is 18.3 Å². The number of sulfonamides is 1. The first-order chi connectivity index (χ1) is 19.1. The lowest BCUT2D eigenvalue weighted by Crippen LogP contribution is -2.53. The predicted molar refractivity (Wildman–Crippen MR) is 158 cm³/mol. The van der Waals surface area contributed by atoms with Crippen LogP contribution in [0.5, 0.6) is 5.75 Å². The van der Waals surface area contributed by atoms with E-state index in [0.717, 1.165) is 21.9 Å². The first-order valence-corrected chi connectivity index (χ1v) is 14.9. The van der Waals surface area contributed by atoms with Crippen LogP contribution >= 0.6 is 0 Å². The molecule has 0 bridgehead atoms. The van der Waals surface area contributed by atoms with Gasteiger partial charge in [0.15, 0.2) is 0 Å². The number of carbonyl (C=O) groups excluding carboxylic acids is 2. The third-order valence-electron chi connectivity index (χ3n) is 6.81. The third kappa shape index (κ3) is 7.63. The number of hydrogen-bond donors (Lipinski definition) is 1. The number of aryl methyl sites for hydroxylation is 1. The molecule has 0 radical (unpaired) electrons. The number of amides is 2. The van der Waals surface area contributed by atoms with Crippen molar-refractivity contribution in [3.63, 3.8) is 0 Å². The molecule has 3 aromatic rings. The highest BCUT2D eigenvalue weighted by Gasteiger charge is 2.34. The quantitative estimate of drug-likeness (QED) is 0.317. The van der Waals surface area contributed by atoms with Crippen molar-refractivity contribution in [1.29, 1.82) is 0 Å². The highest BCUT2D eigenvalue weighted by molar-refractivity contribution is 7.92. The van der Waals surface area contributed by atoms with Crippen LogP contribution in [-0.2, 0) is 26.2 Å². The van der Waals surface area contributed by atoms with Crippen LogP contribution < -0.4 is 14.4 Å². The number of nitrogens with zero attached hydrogens (tertiary/aromatic N) is 2. The smallest absolute Gasteiger partial charge is 0.264 e. The van der Waals surface area contributed by atoms with Gasteiger partial charge in [-0.1, -0.05) is 67.9 Å². The van der Waals surface area contributed by atoms with Crippen molar-refractivity contribution in [2.75, 3.05) is 18.0 Å². The molecule has 0 aliphatic rings. The van der Waals surface area contributed by atoms with Gasteiger partial charge in [-0.15, -0.1) is 0 Å². The summed E-state index contributed by atoms with van der Waals surface area (Å²) in [5.74, 6) is -0.306. The monoisotopic (exact) mass is 565 g/mol. The van der Waals surface area contributed by atoms with Crippen LogP contribution in [0.25, 0.3) is 0 Å². The van der Waals surface area contributed by atoms with Gasteiger partial charge in [0.25, 0.3) is 10.0 Å². The molecule has 2 amide bonds. The SMILES string of the molecule is CC[C@@H](C)NC(=O)[C@H](CC)N(Cc1ccc(C)cc1)C(=O)CN(c1cccc(OC)c1)S(=O)(=O)c1ccccc1. The molecular weight excluding hydrogens is 526 g/mol. The Morgan fingerprint density at radius 3 is 2.20 bits per heavy atom. The molecule has 3 rings (SSSR count). The molecule has 2 atom stereocenters. The van der Waals surface area contributed by atoms with E-state index >= 15 is 0 Å². The lowest BCUT2D eigenvalue weighted by atomic mass is 10.1. The second-order valence-electron chi connectivity index (χ2n) is 9.78. The van der Waals surface area contributed by atoms with Gasteiger partial charge in [0.2, 0.25) is 11.8 Å². The van der Waals surface area contributed by atoms with Crippen LogP contribution in [0.1, 0.15) is 44.7 Å². The van der Waals surface area contributed by atoms with E-state index in [2.05, 4.69) is 5.32 Å². The molecule has 214 valence electrons. The second-order valence-corrected chi connectivity index (χ2v) is 11.6. The molecule has 0 heterocycles. The van der Waals surface area contributed by atoms with Crippen molar-refractivity contribution in [3.8, 4) is 5.75 Å². The fourth-order valence-corrected chi connectivity index (χ4v) is 5.69. The van der Waals surface area contributed by atoms with Crippen LogP contribution in [0.4, 0.5) is 5.69 Å². The van der Waals surface area contributed by atoms with E-state index in [4.69, 9.17) is 4.74 Å². The largest absolute Gasteiger partial charge is 0.497 e. The Morgan fingerprint density at radius 1 is 0.925 bits per heavy atom. The Labute approximate surface area is 238 Å². The Bertz CT molecular complexity index is 1380. The van der Waals surface area contributed by atoms with Crippen LogP contribution in [0.2, 0.25) is 0 Å². The summed E-state index contributed by atoms with van der Waals surface area (Å²) in [5.41, 5.74) is 2.19. The molecule has 40 heavy (non-hydrogen) atoms. The Kier molecular flexibility index (Phi) is 10.7. The van der Waals surface area contributed by atoms with Gasteiger partial charge in [0, 0.05) is 18.7 Å². The molecule has 0 spiro atoms. The van der Waals surface area contributed by atoms with E-state index in [0.29, 0.717) is 12.2 Å². The normalized spacial score (nSPS) is 12.7. The topological polar surface area (TPSA) is 96.0 Å². The van der Waals surface area contributed by atoms with Crippen LogP contribution in [0, 0.1) is 6.92 Å². The number of benzene rings is 3. The molecule has 8 nitrogen and oxygen atoms in total. The standard InChI is InChI=1S/C31H39N3O5S/c1-6-24(4)32-31(36)29(7-2)33(21-25-18-16-23(3)17-19-25)30(35)22-34(26-12-11-13-27(20-26)39-5)40(37,38)28-14-9-8-10-15-28/h8-20,24,29H,6-7,21-22H2,1-5H3,(H,32,36)/t24-,29+/m1/s1. The number of methoxy groups -OCH3 is 1. The predicted octanol–water partition coefficient (Wildman–Crippen LogP) is 4.92. The summed E-state index contributed by atoms with van der Waals surface area (Å²) in [5, 5.41) is 2.99. The van der Waals surface area contributed by atoms with Crippen molar-refractivity contribution >= 4 is 27.5 Å². The van der Waals surface area contributed by atoms with Gasteiger partial charge >= 0.3 is 0 Å². The molecule has 0 saturated heterocycles. The molecule has 0 aromatic heterocycles. The first kappa shape index (κ1) is 30.7. The number of rotatable bonds is 13. The molecule has 0 aliphatic carbocycles. The highest BCUT2D eigenvalue weighted by Crippen LogP contribution is 2.27. The van der Waals surface area contributed by atoms with Gasteiger partial charge in [-0.05, 0) is 56.5 Å². The van der Waals surface area contributed by atoms with Gasteiger partial charge < -0.3 is 15.0 Å². The van der Waals surface area contributed by atoms with Gasteiger partial charge in [-0.3, -0.25) is 13.9 Å². The summed E-state index contributed by atoms with van der Waals surface area (Å²) >= 11 is 0. The van der Waals surface area contributed by atoms with Crippen molar-refractivity contribution < 1.29 is 22.7 Å². The minimum atomic E-state index is -4.13. The molecular formula is C31H39N3O5S. The Hall–Kier alpha value is -3.85. The average molecular weight is 566 g/mol. The van der Waals surface area contributed by atoms with Crippen molar-refractivity contribution in [2.24, 2.45) is 0 Å². The minimum Gasteiger partial charge on any atom is -0.497 e. The van der Waals surface area contributed by atoms with E-state index in [-0.39, 0.29) is 29.1 Å². The number of hydrogen-bond acceptors (Lipinski definition) is 5. The van der Waals surface area contributed by atoms with Gasteiger partial charge in [0.05, 0.1) is 17.7 Å². The van der Waals surface area contributed by atoms with Crippen molar-refractivity contribution in [2.45, 2.75) is 64.1 Å². The molecule has 0 unspecified atom stereocenters. The maximum Gasteiger partial charge on any atom is 0.264 e. The Morgan fingerprint density at radius 2 is 1.60 bits per heavy atom. The number of nitrogens with one attached hydrogen (secondary N) is 1. The summed E-state index contributed by atoms with van der Waals surface area (Å²) in [4.78, 5) is 29.0. The first-order valence-electron chi connectivity index (χ1n) is 13.5. The lowest BCUT2D eigenvalue weighted by molar-refractivity contribution is -0.140. The lowest BCUT2D eigenvalue weighted by Gasteiger charge is -2.33. The van der Waals surface area contributed by atoms with Crippen molar-refractivity contribution in [1.82, 2.24) is 10.2 Å². The minimum absolute atomic E-state index is 0.0530. The molecule has 9 heteroatoms. The fraction of sp³-hybridized carbons (Fsp3) is 0.355. The molecule has 0 saturated carbocycles. The zero-order chi connectivity index (χ0) is 29.3. The number of carbonyl (C=O) groups is 2. The van der Waals surface area contributed by atoms with E-state index in [1.807, 2.05) is 52.0 Å². The summed E-state index contributed by atoms with van der Waals surface area (Å²) in [7, 11) is -2.64. The third-order valence-corrected chi connectivity index (χ3v) is 8.60. The molecule has 0 fully saturated rings. The van der Waals surface area contributed by atoms with E-state index in [1.54, 1.807) is 42.5 Å². The van der Waals surface area contributed by atoms with Gasteiger partial charge in [-0.25, -0.2) is 8.42 Å². The summed E-state index contributed by atoms with van der Waals surface area (Å²) < 4.78 is 34.2. The summed E-state index contributed by atoms with van der Waals surface area (Å²) in [6, 6.07) is 21.4. The number of ether oxygens (including phenoxy) is 1. The van der Waals surface area contributed by atoms with Crippen LogP contribution in [-0.4, -0.2) is 50.9 Å². The molecule has 0 aliphatic heterocycles. The molecule has 1 N–H and O–H groups in total. The van der Waals surface area contributed by atoms with Crippen LogP contribution in [0.15, 0.2) is 83.8 Å². The van der Waals surface area contributed by atoms with E-state index < -0.39 is 28.5 Å². The van der Waals surface area contributed by atoms with Crippen LogP contribution in [0.3, 0.4) is 0 Å². The number of anilines is 1. The zero-order valence-electron chi connectivity index (χ0n) is 23.8.